The normalized spacial score (nSPS) is 10.4. The van der Waals surface area contributed by atoms with Gasteiger partial charge in [0.25, 0.3) is 5.91 Å². The molecule has 0 radical (unpaired) electrons. The van der Waals surface area contributed by atoms with E-state index in [1.807, 2.05) is 0 Å². The fourth-order valence-corrected chi connectivity index (χ4v) is 2.88. The number of nitrogens with zero attached hydrogens (tertiary/aromatic N) is 1. The maximum Gasteiger partial charge on any atom is 0.317 e. The number of hydrogen-bond donors (Lipinski definition) is 3. The highest BCUT2D eigenvalue weighted by molar-refractivity contribution is 7.20. The lowest BCUT2D eigenvalue weighted by Gasteiger charge is -2.00. The maximum absolute atomic E-state index is 11.5. The molecule has 2 aromatic rings. The van der Waals surface area contributed by atoms with Crippen molar-refractivity contribution in [2.45, 2.75) is 13.8 Å². The number of urea groups is 1. The minimum atomic E-state index is -0.760. The molecule has 0 bridgehead atoms. The van der Waals surface area contributed by atoms with Gasteiger partial charge in [0.05, 0.1) is 16.1 Å². The molecular weight excluding hydrogens is 268 g/mol. The molecule has 0 atom stereocenters. The molecule has 0 aliphatic carbocycles. The summed E-state index contributed by atoms with van der Waals surface area (Å²) in [5.74, 6) is -0.125. The summed E-state index contributed by atoms with van der Waals surface area (Å²) >= 11 is 1.16. The number of thiophene rings is 1. The van der Waals surface area contributed by atoms with Crippen LogP contribution >= 0.6 is 11.3 Å². The third kappa shape index (κ3) is 2.43. The van der Waals surface area contributed by atoms with Crippen LogP contribution in [-0.4, -0.2) is 17.1 Å². The number of aryl methyl sites for hydroxylation is 1. The smallest absolute Gasteiger partial charge is 0.317 e. The van der Waals surface area contributed by atoms with Gasteiger partial charge in [-0.05, 0) is 19.4 Å². The van der Waals surface area contributed by atoms with E-state index in [9.17, 15) is 9.59 Å². The van der Waals surface area contributed by atoms with Gasteiger partial charge in [0.2, 0.25) is 0 Å². The third-order valence-electron chi connectivity index (χ3n) is 2.48. The Labute approximate surface area is 112 Å². The molecule has 2 aromatic heterocycles. The van der Waals surface area contributed by atoms with E-state index in [0.29, 0.717) is 26.9 Å². The highest BCUT2D eigenvalue weighted by atomic mass is 32.1. The zero-order valence-corrected chi connectivity index (χ0v) is 11.1. The second-order valence-corrected chi connectivity index (χ2v) is 4.97. The first kappa shape index (κ1) is 13.1. The van der Waals surface area contributed by atoms with Gasteiger partial charge < -0.3 is 16.0 Å². The van der Waals surface area contributed by atoms with Crippen molar-refractivity contribution in [2.24, 2.45) is 11.5 Å². The number of carbonyl (C=O) groups excluding carboxylic acids is 2. The van der Waals surface area contributed by atoms with Crippen LogP contribution in [0.1, 0.15) is 21.6 Å². The van der Waals surface area contributed by atoms with Crippen LogP contribution in [0.2, 0.25) is 0 Å². The zero-order valence-electron chi connectivity index (χ0n) is 10.3. The topological polar surface area (TPSA) is 124 Å². The Morgan fingerprint density at radius 3 is 2.53 bits per heavy atom. The van der Waals surface area contributed by atoms with Crippen molar-refractivity contribution < 1.29 is 14.1 Å². The summed E-state index contributed by atoms with van der Waals surface area (Å²) < 4.78 is 5.15. The van der Waals surface area contributed by atoms with Crippen molar-refractivity contribution in [3.8, 4) is 10.6 Å². The van der Waals surface area contributed by atoms with E-state index in [-0.39, 0.29) is 5.56 Å². The van der Waals surface area contributed by atoms with Gasteiger partial charge in [-0.1, -0.05) is 5.16 Å². The first-order valence-electron chi connectivity index (χ1n) is 5.33. The van der Waals surface area contributed by atoms with E-state index >= 15 is 0 Å². The van der Waals surface area contributed by atoms with Gasteiger partial charge in [0.15, 0.2) is 5.76 Å². The number of anilines is 1. The molecule has 0 fully saturated rings. The van der Waals surface area contributed by atoms with Crippen LogP contribution in [0.3, 0.4) is 0 Å². The van der Waals surface area contributed by atoms with E-state index in [0.717, 1.165) is 11.3 Å². The monoisotopic (exact) mass is 280 g/mol. The first-order valence-corrected chi connectivity index (χ1v) is 6.15. The molecule has 0 saturated heterocycles. The molecule has 100 valence electrons. The van der Waals surface area contributed by atoms with E-state index in [1.54, 1.807) is 19.9 Å². The van der Waals surface area contributed by atoms with Crippen LogP contribution < -0.4 is 16.8 Å². The Morgan fingerprint density at radius 2 is 2.05 bits per heavy atom. The van der Waals surface area contributed by atoms with Crippen molar-refractivity contribution in [1.29, 1.82) is 0 Å². The van der Waals surface area contributed by atoms with Crippen LogP contribution in [0.25, 0.3) is 10.6 Å². The van der Waals surface area contributed by atoms with Crippen molar-refractivity contribution in [3.05, 3.63) is 22.9 Å². The first-order chi connectivity index (χ1) is 8.90. The molecule has 0 aromatic carbocycles. The average Bonchev–Trinajstić information content (AvgIpc) is 2.82. The number of aromatic nitrogens is 1. The van der Waals surface area contributed by atoms with E-state index in [1.165, 1.54) is 0 Å². The van der Waals surface area contributed by atoms with Gasteiger partial charge in [-0.2, -0.15) is 0 Å². The summed E-state index contributed by atoms with van der Waals surface area (Å²) in [6, 6.07) is 0.974. The van der Waals surface area contributed by atoms with Gasteiger partial charge >= 0.3 is 6.03 Å². The van der Waals surface area contributed by atoms with Gasteiger partial charge in [-0.25, -0.2) is 4.79 Å². The lowest BCUT2D eigenvalue weighted by atomic mass is 10.1. The zero-order chi connectivity index (χ0) is 14.2. The number of nitrogens with two attached hydrogens (primary N) is 2. The largest absolute Gasteiger partial charge is 0.365 e. The number of hydrogen-bond acceptors (Lipinski definition) is 5. The van der Waals surface area contributed by atoms with Gasteiger partial charge in [-0.15, -0.1) is 11.3 Å². The SMILES string of the molecule is Cc1cc(-c2sc(NC(N)=O)c(C(N)=O)c2C)on1. The van der Waals surface area contributed by atoms with Crippen LogP contribution in [0, 0.1) is 13.8 Å². The van der Waals surface area contributed by atoms with Crippen LogP contribution in [-0.2, 0) is 0 Å². The molecule has 0 spiro atoms. The van der Waals surface area contributed by atoms with Gasteiger partial charge in [-0.3, -0.25) is 10.1 Å². The van der Waals surface area contributed by atoms with Crippen LogP contribution in [0.5, 0.6) is 0 Å². The summed E-state index contributed by atoms with van der Waals surface area (Å²) in [7, 11) is 0. The highest BCUT2D eigenvalue weighted by Crippen LogP contribution is 2.39. The highest BCUT2D eigenvalue weighted by Gasteiger charge is 2.22. The second-order valence-electron chi connectivity index (χ2n) is 3.95. The van der Waals surface area contributed by atoms with Crippen molar-refractivity contribution in [3.63, 3.8) is 0 Å². The average molecular weight is 280 g/mol. The molecule has 0 unspecified atom stereocenters. The molecule has 7 nitrogen and oxygen atoms in total. The van der Waals surface area contributed by atoms with Crippen molar-refractivity contribution in [1.82, 2.24) is 5.16 Å². The Hall–Kier alpha value is -2.35. The Bertz CT molecular complexity index is 659. The predicted octanol–water partition coefficient (Wildman–Crippen LogP) is 1.61. The number of rotatable bonds is 3. The lowest BCUT2D eigenvalue weighted by molar-refractivity contribution is 0.100. The van der Waals surface area contributed by atoms with Crippen LogP contribution in [0.15, 0.2) is 10.6 Å². The summed E-state index contributed by atoms with van der Waals surface area (Å²) in [5, 5.41) is 6.48. The molecule has 8 heteroatoms. The standard InChI is InChI=1S/C11H12N4O3S/c1-4-3-6(18-15-4)8-5(2)7(9(12)16)10(19-8)14-11(13)17/h3H,1-2H3,(H2,12,16)(H3,13,14,17). The minimum absolute atomic E-state index is 0.229. The fourth-order valence-electron chi connectivity index (χ4n) is 1.72. The van der Waals surface area contributed by atoms with Crippen molar-refractivity contribution in [2.75, 3.05) is 5.32 Å². The molecular formula is C11H12N4O3S. The molecule has 19 heavy (non-hydrogen) atoms. The fraction of sp³-hybridized carbons (Fsp3) is 0.182. The minimum Gasteiger partial charge on any atom is -0.365 e. The summed E-state index contributed by atoms with van der Waals surface area (Å²) in [6.45, 7) is 3.50. The summed E-state index contributed by atoms with van der Waals surface area (Å²) in [6.07, 6.45) is 0. The number of primary amides is 2. The molecule has 2 rings (SSSR count). The molecule has 0 aliphatic heterocycles. The molecule has 2 heterocycles. The Balaban J connectivity index is 2.57. The summed E-state index contributed by atoms with van der Waals surface area (Å²) in [4.78, 5) is 23.1. The number of carbonyl (C=O) groups is 2. The maximum atomic E-state index is 11.5. The summed E-state index contributed by atoms with van der Waals surface area (Å²) in [5.41, 5.74) is 11.9. The van der Waals surface area contributed by atoms with E-state index < -0.39 is 11.9 Å². The van der Waals surface area contributed by atoms with Gasteiger partial charge in [0.1, 0.15) is 5.00 Å². The van der Waals surface area contributed by atoms with E-state index in [2.05, 4.69) is 10.5 Å². The second kappa shape index (κ2) is 4.73. The van der Waals surface area contributed by atoms with E-state index in [4.69, 9.17) is 16.0 Å². The molecule has 0 aliphatic rings. The van der Waals surface area contributed by atoms with Crippen LogP contribution in [0.4, 0.5) is 9.80 Å². The Kier molecular flexibility index (Phi) is 3.26. The lowest BCUT2D eigenvalue weighted by Crippen LogP contribution is -2.21. The predicted molar refractivity (Wildman–Crippen MR) is 71.0 cm³/mol. The van der Waals surface area contributed by atoms with Crippen molar-refractivity contribution >= 4 is 28.3 Å². The third-order valence-corrected chi connectivity index (χ3v) is 3.70. The van der Waals surface area contributed by atoms with Gasteiger partial charge in [0, 0.05) is 6.07 Å². The number of nitrogens with one attached hydrogen (secondary N) is 1. The molecule has 0 saturated carbocycles. The quantitative estimate of drug-likeness (QED) is 0.789. The Morgan fingerprint density at radius 1 is 1.37 bits per heavy atom. The molecule has 5 N–H and O–H groups in total. The number of amides is 3. The molecule has 3 amide bonds.